The van der Waals surface area contributed by atoms with Gasteiger partial charge in [0, 0.05) is 23.7 Å². The van der Waals surface area contributed by atoms with Crippen LogP contribution in [0.25, 0.3) is 0 Å². The van der Waals surface area contributed by atoms with Crippen molar-refractivity contribution >= 4 is 11.6 Å². The van der Waals surface area contributed by atoms with E-state index in [2.05, 4.69) is 13.8 Å². The van der Waals surface area contributed by atoms with Crippen LogP contribution in [0.15, 0.2) is 0 Å². The second-order valence-corrected chi connectivity index (χ2v) is 9.10. The third-order valence-corrected chi connectivity index (χ3v) is 8.66. The Balaban J connectivity index is 1.52. The predicted molar refractivity (Wildman–Crippen MR) is 81.2 cm³/mol. The molecule has 0 unspecified atom stereocenters. The van der Waals surface area contributed by atoms with E-state index in [9.17, 15) is 9.59 Å². The van der Waals surface area contributed by atoms with Gasteiger partial charge in [0.15, 0.2) is 5.78 Å². The number of carbonyl (C=O) groups excluding carboxylic acids is 2. The molecule has 0 radical (unpaired) electrons. The summed E-state index contributed by atoms with van der Waals surface area (Å²) < 4.78 is 6.07. The van der Waals surface area contributed by atoms with Crippen LogP contribution in [0.1, 0.15) is 65.2 Å². The number of ether oxygens (including phenoxy) is 1. The lowest BCUT2D eigenvalue weighted by Gasteiger charge is -2.58. The molecule has 120 valence electrons. The van der Waals surface area contributed by atoms with Gasteiger partial charge in [0.2, 0.25) is 0 Å². The molecule has 3 nitrogen and oxygen atoms in total. The van der Waals surface area contributed by atoms with Crippen LogP contribution >= 0.6 is 0 Å². The molecule has 1 spiro atoms. The first-order valence-electron chi connectivity index (χ1n) is 9.16. The molecule has 4 saturated carbocycles. The summed E-state index contributed by atoms with van der Waals surface area (Å²) in [5.74, 6) is 2.78. The average Bonchev–Trinajstić information content (AvgIpc) is 3.17. The van der Waals surface area contributed by atoms with Crippen molar-refractivity contribution in [3.05, 3.63) is 0 Å². The fraction of sp³-hybridized carbons (Fsp3) is 0.895. The zero-order valence-electron chi connectivity index (χ0n) is 13.7. The van der Waals surface area contributed by atoms with Crippen LogP contribution in [0, 0.1) is 28.6 Å². The lowest BCUT2D eigenvalue weighted by Crippen LogP contribution is -2.58. The molecule has 7 atom stereocenters. The minimum Gasteiger partial charge on any atom is -0.357 e. The zero-order chi connectivity index (χ0) is 15.3. The largest absolute Gasteiger partial charge is 0.357 e. The van der Waals surface area contributed by atoms with Crippen LogP contribution in [-0.4, -0.2) is 23.3 Å². The van der Waals surface area contributed by atoms with Crippen molar-refractivity contribution in [2.75, 3.05) is 0 Å². The maximum absolute atomic E-state index is 12.4. The van der Waals surface area contributed by atoms with E-state index in [1.54, 1.807) is 0 Å². The van der Waals surface area contributed by atoms with Crippen molar-refractivity contribution in [3.8, 4) is 0 Å². The van der Waals surface area contributed by atoms with Gasteiger partial charge in [-0.2, -0.15) is 0 Å². The number of Topliss-reactive ketones (excluding diaryl/α,β-unsaturated/α-hetero) is 2. The van der Waals surface area contributed by atoms with Gasteiger partial charge in [0.05, 0.1) is 0 Å². The van der Waals surface area contributed by atoms with E-state index in [1.165, 1.54) is 0 Å². The standard InChI is InChI=1S/C19H26O3/c1-17-8-6-13-11(12(17)3-4-15(17)21)5-10-19-16(22-19)14(20)7-9-18(13,19)2/h11-13,16H,3-10H2,1-2H3/t11-,12-,13-,16+,17-,18+,19-/m0/s1. The molecule has 0 N–H and O–H groups in total. The summed E-state index contributed by atoms with van der Waals surface area (Å²) in [7, 11) is 0. The lowest BCUT2D eigenvalue weighted by molar-refractivity contribution is -0.140. The van der Waals surface area contributed by atoms with E-state index >= 15 is 0 Å². The average molecular weight is 302 g/mol. The summed E-state index contributed by atoms with van der Waals surface area (Å²) >= 11 is 0. The minimum atomic E-state index is -0.125. The second kappa shape index (κ2) is 3.85. The zero-order valence-corrected chi connectivity index (χ0v) is 13.7. The van der Waals surface area contributed by atoms with Gasteiger partial charge >= 0.3 is 0 Å². The SMILES string of the molecule is C[C@]12CC[C@H]3[C@@H](CC[C@]45O[C@@H]4C(=O)CC[C@]35C)[C@@H]1CCC2=O. The normalized spacial score (nSPS) is 59.4. The number of ketones is 2. The lowest BCUT2D eigenvalue weighted by atomic mass is 9.45. The molecule has 0 bridgehead atoms. The van der Waals surface area contributed by atoms with Gasteiger partial charge < -0.3 is 4.74 Å². The highest BCUT2D eigenvalue weighted by atomic mass is 16.6. The molecule has 4 aliphatic carbocycles. The van der Waals surface area contributed by atoms with Crippen LogP contribution in [0.5, 0.6) is 0 Å². The minimum absolute atomic E-state index is 0.0453. The Labute approximate surface area is 132 Å². The van der Waals surface area contributed by atoms with Crippen molar-refractivity contribution in [2.45, 2.75) is 76.9 Å². The van der Waals surface area contributed by atoms with Crippen molar-refractivity contribution in [1.29, 1.82) is 0 Å². The second-order valence-electron chi connectivity index (χ2n) is 9.10. The number of carbonyl (C=O) groups is 2. The van der Waals surface area contributed by atoms with Crippen molar-refractivity contribution in [1.82, 2.24) is 0 Å². The number of hydrogen-bond donors (Lipinski definition) is 0. The Bertz CT molecular complexity index is 583. The van der Waals surface area contributed by atoms with Crippen LogP contribution in [0.2, 0.25) is 0 Å². The van der Waals surface area contributed by atoms with Gasteiger partial charge in [-0.1, -0.05) is 13.8 Å². The summed E-state index contributed by atoms with van der Waals surface area (Å²) in [6.07, 6.45) is 7.93. The third-order valence-electron chi connectivity index (χ3n) is 8.66. The van der Waals surface area contributed by atoms with E-state index in [0.29, 0.717) is 35.7 Å². The van der Waals surface area contributed by atoms with Crippen LogP contribution < -0.4 is 0 Å². The predicted octanol–water partition coefficient (Wildman–Crippen LogP) is 3.30. The van der Waals surface area contributed by atoms with Crippen molar-refractivity contribution < 1.29 is 14.3 Å². The topological polar surface area (TPSA) is 46.7 Å². The van der Waals surface area contributed by atoms with Gasteiger partial charge in [-0.3, -0.25) is 9.59 Å². The number of epoxide rings is 1. The molecule has 1 saturated heterocycles. The van der Waals surface area contributed by atoms with Crippen LogP contribution in [-0.2, 0) is 14.3 Å². The molecular formula is C19H26O3. The third kappa shape index (κ3) is 1.31. The van der Waals surface area contributed by atoms with Gasteiger partial charge in [0.25, 0.3) is 0 Å². The summed E-state index contributed by atoms with van der Waals surface area (Å²) in [5.41, 5.74) is -0.00234. The van der Waals surface area contributed by atoms with E-state index in [4.69, 9.17) is 4.74 Å². The van der Waals surface area contributed by atoms with Gasteiger partial charge in [-0.15, -0.1) is 0 Å². The smallest absolute Gasteiger partial charge is 0.164 e. The molecular weight excluding hydrogens is 276 g/mol. The Hall–Kier alpha value is -0.700. The molecule has 1 heterocycles. The maximum Gasteiger partial charge on any atom is 0.164 e. The van der Waals surface area contributed by atoms with Crippen molar-refractivity contribution in [3.63, 3.8) is 0 Å². The molecule has 0 aromatic carbocycles. The molecule has 0 amide bonds. The van der Waals surface area contributed by atoms with Crippen molar-refractivity contribution in [2.24, 2.45) is 28.6 Å². The monoisotopic (exact) mass is 302 g/mol. The Morgan fingerprint density at radius 3 is 2.59 bits per heavy atom. The fourth-order valence-corrected chi connectivity index (χ4v) is 7.27. The molecule has 5 aliphatic rings. The van der Waals surface area contributed by atoms with Gasteiger partial charge in [0.1, 0.15) is 17.5 Å². The first-order chi connectivity index (χ1) is 10.4. The summed E-state index contributed by atoms with van der Waals surface area (Å²) in [6, 6.07) is 0. The summed E-state index contributed by atoms with van der Waals surface area (Å²) in [6.45, 7) is 4.63. The number of fused-ring (bicyclic) bond motifs is 4. The highest BCUT2D eigenvalue weighted by Crippen LogP contribution is 2.71. The number of hydrogen-bond acceptors (Lipinski definition) is 3. The highest BCUT2D eigenvalue weighted by molar-refractivity contribution is 5.89. The molecule has 1 aliphatic heterocycles. The Morgan fingerprint density at radius 2 is 1.77 bits per heavy atom. The van der Waals surface area contributed by atoms with E-state index in [0.717, 1.165) is 44.9 Å². The Morgan fingerprint density at radius 1 is 0.955 bits per heavy atom. The number of rotatable bonds is 0. The fourth-order valence-electron chi connectivity index (χ4n) is 7.27. The van der Waals surface area contributed by atoms with Gasteiger partial charge in [-0.05, 0) is 56.3 Å². The quantitative estimate of drug-likeness (QED) is 0.645. The molecule has 3 heteroatoms. The van der Waals surface area contributed by atoms with E-state index in [1.807, 2.05) is 0 Å². The van der Waals surface area contributed by atoms with E-state index in [-0.39, 0.29) is 22.5 Å². The molecule has 5 fully saturated rings. The van der Waals surface area contributed by atoms with Crippen LogP contribution in [0.4, 0.5) is 0 Å². The first kappa shape index (κ1) is 13.7. The van der Waals surface area contributed by atoms with Gasteiger partial charge in [-0.25, -0.2) is 0 Å². The molecule has 5 rings (SSSR count). The molecule has 0 aromatic rings. The van der Waals surface area contributed by atoms with Crippen LogP contribution in [0.3, 0.4) is 0 Å². The molecule has 0 aromatic heterocycles. The summed E-state index contributed by atoms with van der Waals surface area (Å²) in [4.78, 5) is 24.5. The highest BCUT2D eigenvalue weighted by Gasteiger charge is 2.76. The first-order valence-corrected chi connectivity index (χ1v) is 9.16. The Kier molecular flexibility index (Phi) is 2.40. The summed E-state index contributed by atoms with van der Waals surface area (Å²) in [5, 5.41) is 0. The van der Waals surface area contributed by atoms with E-state index < -0.39 is 0 Å². The maximum atomic E-state index is 12.4. The molecule has 22 heavy (non-hydrogen) atoms.